The molecule has 0 radical (unpaired) electrons. The minimum absolute atomic E-state index is 0.203. The number of hydrogen-bond acceptors (Lipinski definition) is 4. The van der Waals surface area contributed by atoms with Crippen LogP contribution in [0.15, 0.2) is 99.3 Å². The van der Waals surface area contributed by atoms with E-state index in [0.717, 1.165) is 26.7 Å². The van der Waals surface area contributed by atoms with Gasteiger partial charge in [-0.3, -0.25) is 9.69 Å². The Morgan fingerprint density at radius 2 is 1.64 bits per heavy atom. The van der Waals surface area contributed by atoms with Gasteiger partial charge in [0, 0.05) is 20.1 Å². The number of hydrogen-bond donors (Lipinski definition) is 0. The smallest absolute Gasteiger partial charge is 0.271 e. The molecule has 1 amide bonds. The summed E-state index contributed by atoms with van der Waals surface area (Å²) in [6.45, 7) is 4.27. The molecule has 0 aromatic heterocycles. The van der Waals surface area contributed by atoms with Crippen LogP contribution in [-0.2, 0) is 11.4 Å². The SMILES string of the molecule is Cc1ccc(N=C2S/C(=C/c3cc(Br)ccc3OCc3ccccc3)C(=O)N2c2ccc(C)c(Cl)c2)cc1Cl. The maximum Gasteiger partial charge on any atom is 0.271 e. The van der Waals surface area contributed by atoms with Gasteiger partial charge in [-0.05, 0) is 90.8 Å². The third-order valence-electron chi connectivity index (χ3n) is 6.10. The fourth-order valence-electron chi connectivity index (χ4n) is 3.90. The van der Waals surface area contributed by atoms with Crippen LogP contribution in [0.2, 0.25) is 10.0 Å². The Labute approximate surface area is 250 Å². The lowest BCUT2D eigenvalue weighted by Crippen LogP contribution is -2.28. The number of amidine groups is 1. The summed E-state index contributed by atoms with van der Waals surface area (Å²) < 4.78 is 7.03. The second-order valence-corrected chi connectivity index (χ2v) is 11.7. The van der Waals surface area contributed by atoms with E-state index in [0.29, 0.717) is 43.8 Å². The normalized spacial score (nSPS) is 15.4. The van der Waals surface area contributed by atoms with Gasteiger partial charge in [-0.15, -0.1) is 0 Å². The van der Waals surface area contributed by atoms with Crippen LogP contribution in [0.1, 0.15) is 22.3 Å². The molecule has 0 saturated carbocycles. The number of carbonyl (C=O) groups excluding carboxylic acids is 1. The number of anilines is 1. The standard InChI is InChI=1S/C31H23BrCl2N2O2S/c1-19-8-11-24(16-26(19)33)35-31-36(25-12-9-20(2)27(34)17-25)30(37)29(39-31)15-22-14-23(32)10-13-28(22)38-18-21-6-4-3-5-7-21/h3-17H,18H2,1-2H3/b29-15+,35-31?. The van der Waals surface area contributed by atoms with Crippen molar-refractivity contribution in [1.29, 1.82) is 0 Å². The summed E-state index contributed by atoms with van der Waals surface area (Å²) in [5.41, 5.74) is 5.00. The van der Waals surface area contributed by atoms with Crippen LogP contribution in [-0.4, -0.2) is 11.1 Å². The highest BCUT2D eigenvalue weighted by molar-refractivity contribution is 9.10. The predicted octanol–water partition coefficient (Wildman–Crippen LogP) is 9.76. The van der Waals surface area contributed by atoms with E-state index in [1.807, 2.05) is 92.7 Å². The summed E-state index contributed by atoms with van der Waals surface area (Å²) in [5.74, 6) is 0.467. The molecule has 4 aromatic rings. The monoisotopic (exact) mass is 636 g/mol. The van der Waals surface area contributed by atoms with E-state index in [1.165, 1.54) is 11.8 Å². The molecule has 1 saturated heterocycles. The van der Waals surface area contributed by atoms with Gasteiger partial charge < -0.3 is 4.74 Å². The molecule has 0 atom stereocenters. The number of rotatable bonds is 6. The highest BCUT2D eigenvalue weighted by Crippen LogP contribution is 2.40. The van der Waals surface area contributed by atoms with Gasteiger partial charge in [0.2, 0.25) is 0 Å². The Hall–Kier alpha value is -3.03. The van der Waals surface area contributed by atoms with Gasteiger partial charge in [0.25, 0.3) is 5.91 Å². The zero-order chi connectivity index (χ0) is 27.5. The fourth-order valence-corrected chi connectivity index (χ4v) is 5.62. The molecule has 1 aliphatic rings. The summed E-state index contributed by atoms with van der Waals surface area (Å²) in [4.78, 5) is 20.7. The van der Waals surface area contributed by atoms with Crippen molar-refractivity contribution in [3.8, 4) is 5.75 Å². The van der Waals surface area contributed by atoms with Crippen molar-refractivity contribution in [3.05, 3.63) is 127 Å². The van der Waals surface area contributed by atoms with Crippen molar-refractivity contribution in [1.82, 2.24) is 0 Å². The number of halogens is 3. The molecule has 4 aromatic carbocycles. The molecular formula is C31H23BrCl2N2O2S. The second-order valence-electron chi connectivity index (χ2n) is 8.97. The molecular weight excluding hydrogens is 615 g/mol. The van der Waals surface area contributed by atoms with Crippen molar-refractivity contribution in [3.63, 3.8) is 0 Å². The van der Waals surface area contributed by atoms with Gasteiger partial charge >= 0.3 is 0 Å². The first-order valence-corrected chi connectivity index (χ1v) is 14.5. The van der Waals surface area contributed by atoms with Crippen LogP contribution in [0.3, 0.4) is 0 Å². The van der Waals surface area contributed by atoms with Crippen LogP contribution < -0.4 is 9.64 Å². The Morgan fingerprint density at radius 1 is 0.923 bits per heavy atom. The topological polar surface area (TPSA) is 41.9 Å². The molecule has 0 spiro atoms. The minimum atomic E-state index is -0.203. The molecule has 0 bridgehead atoms. The van der Waals surface area contributed by atoms with Crippen LogP contribution in [0.4, 0.5) is 11.4 Å². The summed E-state index contributed by atoms with van der Waals surface area (Å²) in [7, 11) is 0. The van der Waals surface area contributed by atoms with Gasteiger partial charge in [0.1, 0.15) is 12.4 Å². The summed E-state index contributed by atoms with van der Waals surface area (Å²) in [6, 6.07) is 26.8. The molecule has 8 heteroatoms. The molecule has 1 aliphatic heterocycles. The van der Waals surface area contributed by atoms with Gasteiger partial charge in [0.15, 0.2) is 5.17 Å². The lowest BCUT2D eigenvalue weighted by molar-refractivity contribution is -0.113. The van der Waals surface area contributed by atoms with Crippen LogP contribution in [0.5, 0.6) is 5.75 Å². The van der Waals surface area contributed by atoms with E-state index in [4.69, 9.17) is 32.9 Å². The van der Waals surface area contributed by atoms with E-state index in [2.05, 4.69) is 15.9 Å². The molecule has 4 nitrogen and oxygen atoms in total. The molecule has 5 rings (SSSR count). The van der Waals surface area contributed by atoms with Crippen molar-refractivity contribution < 1.29 is 9.53 Å². The van der Waals surface area contributed by atoms with Crippen molar-refractivity contribution in [2.75, 3.05) is 4.90 Å². The predicted molar refractivity (Wildman–Crippen MR) is 167 cm³/mol. The van der Waals surface area contributed by atoms with Crippen molar-refractivity contribution in [2.45, 2.75) is 20.5 Å². The quantitative estimate of drug-likeness (QED) is 0.198. The third-order valence-corrected chi connectivity index (χ3v) is 8.37. The molecule has 0 aliphatic carbocycles. The van der Waals surface area contributed by atoms with E-state index in [9.17, 15) is 4.79 Å². The lowest BCUT2D eigenvalue weighted by Gasteiger charge is -2.16. The van der Waals surface area contributed by atoms with E-state index in [1.54, 1.807) is 17.0 Å². The van der Waals surface area contributed by atoms with Crippen LogP contribution in [0, 0.1) is 13.8 Å². The number of ether oxygens (including phenoxy) is 1. The third kappa shape index (κ3) is 6.42. The lowest BCUT2D eigenvalue weighted by atomic mass is 10.1. The summed E-state index contributed by atoms with van der Waals surface area (Å²) in [5, 5.41) is 1.69. The fraction of sp³-hybridized carbons (Fsp3) is 0.0968. The largest absolute Gasteiger partial charge is 0.488 e. The summed E-state index contributed by atoms with van der Waals surface area (Å²) in [6.07, 6.45) is 1.84. The maximum atomic E-state index is 13.8. The second kappa shape index (κ2) is 12.0. The molecule has 1 heterocycles. The minimum Gasteiger partial charge on any atom is -0.488 e. The first-order valence-electron chi connectivity index (χ1n) is 12.1. The van der Waals surface area contributed by atoms with Crippen molar-refractivity contribution in [2.24, 2.45) is 4.99 Å². The number of nitrogens with zero attached hydrogens (tertiary/aromatic N) is 2. The molecule has 0 unspecified atom stereocenters. The van der Waals surface area contributed by atoms with Gasteiger partial charge in [-0.25, -0.2) is 4.99 Å². The van der Waals surface area contributed by atoms with Gasteiger partial charge in [-0.2, -0.15) is 0 Å². The van der Waals surface area contributed by atoms with E-state index in [-0.39, 0.29) is 5.91 Å². The van der Waals surface area contributed by atoms with Crippen LogP contribution >= 0.6 is 50.9 Å². The van der Waals surface area contributed by atoms with Gasteiger partial charge in [0.05, 0.1) is 16.3 Å². The maximum absolute atomic E-state index is 13.8. The number of aliphatic imine (C=N–C) groups is 1. The first-order chi connectivity index (χ1) is 18.8. The average molecular weight is 638 g/mol. The Morgan fingerprint density at radius 3 is 2.36 bits per heavy atom. The zero-order valence-electron chi connectivity index (χ0n) is 21.1. The zero-order valence-corrected chi connectivity index (χ0v) is 25.0. The van der Waals surface area contributed by atoms with Crippen molar-refractivity contribution >= 4 is 79.4 Å². The first kappa shape index (κ1) is 27.5. The molecule has 196 valence electrons. The Kier molecular flexibility index (Phi) is 8.48. The number of amides is 1. The highest BCUT2D eigenvalue weighted by atomic mass is 79.9. The van der Waals surface area contributed by atoms with E-state index >= 15 is 0 Å². The Bertz CT molecular complexity index is 1620. The Balaban J connectivity index is 1.54. The highest BCUT2D eigenvalue weighted by Gasteiger charge is 2.35. The summed E-state index contributed by atoms with van der Waals surface area (Å²) >= 11 is 17.6. The molecule has 39 heavy (non-hydrogen) atoms. The average Bonchev–Trinajstić information content (AvgIpc) is 3.22. The number of benzene rings is 4. The number of aryl methyl sites for hydroxylation is 2. The molecule has 0 N–H and O–H groups in total. The van der Waals surface area contributed by atoms with Crippen LogP contribution in [0.25, 0.3) is 6.08 Å². The molecule has 1 fully saturated rings. The van der Waals surface area contributed by atoms with Gasteiger partial charge in [-0.1, -0.05) is 81.6 Å². The number of thioether (sulfide) groups is 1. The van der Waals surface area contributed by atoms with E-state index < -0.39 is 0 Å². The number of carbonyl (C=O) groups is 1.